The van der Waals surface area contributed by atoms with Gasteiger partial charge in [0.15, 0.2) is 0 Å². The average molecular weight is 714 g/mol. The number of aliphatic hydroxyl groups is 1. The molecule has 1 saturated carbocycles. The molecule has 266 valence electrons. The summed E-state index contributed by atoms with van der Waals surface area (Å²) in [5.74, 6) is -2.36. The van der Waals surface area contributed by atoms with E-state index in [9.17, 15) is 27.9 Å². The molecule has 15 heteroatoms. The second-order valence-corrected chi connectivity index (χ2v) is 14.4. The predicted molar refractivity (Wildman–Crippen MR) is 188 cm³/mol. The molecule has 0 bridgehead atoms. The molecule has 2 heterocycles. The zero-order chi connectivity index (χ0) is 36.0. The molecule has 1 fully saturated rings. The van der Waals surface area contributed by atoms with E-state index in [1.165, 1.54) is 18.2 Å². The van der Waals surface area contributed by atoms with Crippen LogP contribution >= 0.6 is 0 Å². The van der Waals surface area contributed by atoms with E-state index in [-0.39, 0.29) is 23.1 Å². The van der Waals surface area contributed by atoms with E-state index < -0.39 is 58.9 Å². The molecule has 0 spiro atoms. The SMILES string of the molecule is NC(=O)C[C@@H](NC(=O)c1ccc2ccccc2n1)C(=O)N[C@@H](Cc1ccccc1)C(O)CN(OC1CCCC1)S(=O)(=O)c1ccc2cn[nH]c2c1. The Labute approximate surface area is 294 Å². The summed E-state index contributed by atoms with van der Waals surface area (Å²) >= 11 is 0. The summed E-state index contributed by atoms with van der Waals surface area (Å²) in [5.41, 5.74) is 7.30. The van der Waals surface area contributed by atoms with E-state index >= 15 is 0 Å². The van der Waals surface area contributed by atoms with Gasteiger partial charge in [-0.3, -0.25) is 24.3 Å². The summed E-state index contributed by atoms with van der Waals surface area (Å²) in [7, 11) is -4.32. The van der Waals surface area contributed by atoms with Gasteiger partial charge >= 0.3 is 0 Å². The van der Waals surface area contributed by atoms with Gasteiger partial charge in [0, 0.05) is 10.8 Å². The number of nitrogens with one attached hydrogen (secondary N) is 3. The number of H-pyrrole nitrogens is 1. The van der Waals surface area contributed by atoms with Crippen molar-refractivity contribution in [2.75, 3.05) is 6.54 Å². The molecule has 6 N–H and O–H groups in total. The van der Waals surface area contributed by atoms with E-state index in [1.54, 1.807) is 54.7 Å². The van der Waals surface area contributed by atoms with Gasteiger partial charge < -0.3 is 21.5 Å². The lowest BCUT2D eigenvalue weighted by Crippen LogP contribution is -2.56. The Morgan fingerprint density at radius 1 is 0.961 bits per heavy atom. The number of hydroxylamine groups is 1. The molecule has 3 amide bonds. The summed E-state index contributed by atoms with van der Waals surface area (Å²) in [6, 6.07) is 21.4. The summed E-state index contributed by atoms with van der Waals surface area (Å²) in [5, 5.41) is 25.3. The first kappa shape index (κ1) is 35.6. The van der Waals surface area contributed by atoms with Crippen molar-refractivity contribution in [1.82, 2.24) is 30.3 Å². The molecule has 1 aliphatic carbocycles. The lowest BCUT2D eigenvalue weighted by molar-refractivity contribution is -0.146. The van der Waals surface area contributed by atoms with Crippen molar-refractivity contribution in [3.8, 4) is 0 Å². The Morgan fingerprint density at radius 2 is 1.69 bits per heavy atom. The number of carbonyl (C=O) groups is 3. The number of para-hydroxylation sites is 1. The molecule has 2 aromatic heterocycles. The number of primary amides is 1. The first-order valence-electron chi connectivity index (χ1n) is 16.7. The Morgan fingerprint density at radius 3 is 2.45 bits per heavy atom. The van der Waals surface area contributed by atoms with E-state index in [0.717, 1.165) is 33.6 Å². The number of nitrogens with two attached hydrogens (primary N) is 1. The summed E-state index contributed by atoms with van der Waals surface area (Å²) in [4.78, 5) is 49.5. The highest BCUT2D eigenvalue weighted by Crippen LogP contribution is 2.27. The van der Waals surface area contributed by atoms with Gasteiger partial charge in [0.25, 0.3) is 15.9 Å². The zero-order valence-electron chi connectivity index (χ0n) is 27.6. The molecule has 3 aromatic carbocycles. The minimum absolute atomic E-state index is 0.0232. The highest BCUT2D eigenvalue weighted by atomic mass is 32.2. The number of benzene rings is 3. The van der Waals surface area contributed by atoms with Gasteiger partial charge in [-0.1, -0.05) is 71.9 Å². The molecule has 51 heavy (non-hydrogen) atoms. The zero-order valence-corrected chi connectivity index (χ0v) is 28.5. The van der Waals surface area contributed by atoms with Crippen LogP contribution in [0.1, 0.15) is 48.2 Å². The van der Waals surface area contributed by atoms with Gasteiger partial charge in [0.05, 0.1) is 53.3 Å². The summed E-state index contributed by atoms with van der Waals surface area (Å²) in [6.45, 7) is -0.536. The monoisotopic (exact) mass is 713 g/mol. The van der Waals surface area contributed by atoms with Crippen LogP contribution in [0, 0.1) is 0 Å². The van der Waals surface area contributed by atoms with Gasteiger partial charge in [-0.05, 0) is 55.2 Å². The first-order valence-corrected chi connectivity index (χ1v) is 18.1. The fourth-order valence-electron chi connectivity index (χ4n) is 6.10. The van der Waals surface area contributed by atoms with Crippen LogP contribution in [0.4, 0.5) is 0 Å². The third-order valence-corrected chi connectivity index (χ3v) is 10.5. The molecule has 0 radical (unpaired) electrons. The van der Waals surface area contributed by atoms with Crippen LogP contribution in [0.5, 0.6) is 0 Å². The lowest BCUT2D eigenvalue weighted by atomic mass is 10.00. The molecule has 14 nitrogen and oxygen atoms in total. The van der Waals surface area contributed by atoms with Crippen molar-refractivity contribution in [3.05, 3.63) is 102 Å². The van der Waals surface area contributed by atoms with Crippen molar-refractivity contribution < 1.29 is 32.7 Å². The molecule has 1 unspecified atom stereocenters. The van der Waals surface area contributed by atoms with Crippen molar-refractivity contribution in [2.24, 2.45) is 5.73 Å². The van der Waals surface area contributed by atoms with Crippen LogP contribution in [0.3, 0.4) is 0 Å². The van der Waals surface area contributed by atoms with Crippen molar-refractivity contribution in [2.45, 2.75) is 67.7 Å². The molecule has 0 aliphatic heterocycles. The number of rotatable bonds is 15. The minimum Gasteiger partial charge on any atom is -0.389 e. The van der Waals surface area contributed by atoms with E-state index in [0.29, 0.717) is 23.9 Å². The number of fused-ring (bicyclic) bond motifs is 2. The van der Waals surface area contributed by atoms with Crippen LogP contribution in [0.2, 0.25) is 0 Å². The van der Waals surface area contributed by atoms with Gasteiger partial charge in [-0.2, -0.15) is 5.10 Å². The van der Waals surface area contributed by atoms with Crippen LogP contribution in [-0.2, 0) is 30.9 Å². The topological polar surface area (TPSA) is 210 Å². The average Bonchev–Trinajstić information content (AvgIpc) is 3.83. The third-order valence-electron chi connectivity index (χ3n) is 8.83. The fourth-order valence-corrected chi connectivity index (χ4v) is 7.43. The molecule has 5 aromatic rings. The Balaban J connectivity index is 1.25. The standard InChI is InChI=1S/C36H39N7O7S/c37-34(45)20-32(41-35(46)29-17-15-24-10-4-7-13-28(24)39-29)36(47)40-31(18-23-8-2-1-3-9-23)33(44)22-43(50-26-11-5-6-12-26)51(48,49)27-16-14-25-21-38-42-30(25)19-27/h1-4,7-10,13-17,19,21,26,31-33,44H,5-6,11-12,18,20,22H2,(H2,37,45)(H,38,42)(H,40,47)(H,41,46)/t31-,32+,33?/m0/s1. The maximum Gasteiger partial charge on any atom is 0.270 e. The number of hydrogen-bond donors (Lipinski definition) is 5. The number of carbonyl (C=O) groups excluding carboxylic acids is 3. The Bertz CT molecular complexity index is 2120. The second-order valence-electron chi connectivity index (χ2n) is 12.6. The van der Waals surface area contributed by atoms with Crippen LogP contribution in [0.25, 0.3) is 21.8 Å². The number of amides is 3. The second kappa shape index (κ2) is 15.8. The largest absolute Gasteiger partial charge is 0.389 e. The molecular formula is C36H39N7O7S. The van der Waals surface area contributed by atoms with Gasteiger partial charge in [0.2, 0.25) is 11.8 Å². The fraction of sp³-hybridized carbons (Fsp3) is 0.306. The summed E-state index contributed by atoms with van der Waals surface area (Å²) < 4.78 is 28.9. The number of nitrogens with zero attached hydrogens (tertiary/aromatic N) is 3. The number of pyridine rings is 1. The number of sulfonamides is 1. The summed E-state index contributed by atoms with van der Waals surface area (Å²) in [6.07, 6.45) is 2.25. The number of hydrogen-bond acceptors (Lipinski definition) is 9. The Kier molecular flexibility index (Phi) is 11.0. The van der Waals surface area contributed by atoms with Crippen LogP contribution in [0.15, 0.2) is 96.0 Å². The van der Waals surface area contributed by atoms with Crippen molar-refractivity contribution in [1.29, 1.82) is 0 Å². The number of aromatic amines is 1. The number of aromatic nitrogens is 3. The molecule has 3 atom stereocenters. The highest BCUT2D eigenvalue weighted by Gasteiger charge is 2.36. The van der Waals surface area contributed by atoms with Crippen molar-refractivity contribution in [3.63, 3.8) is 0 Å². The predicted octanol–water partition coefficient (Wildman–Crippen LogP) is 2.74. The van der Waals surface area contributed by atoms with E-state index in [2.05, 4.69) is 25.8 Å². The van der Waals surface area contributed by atoms with Crippen molar-refractivity contribution >= 4 is 49.6 Å². The lowest BCUT2D eigenvalue weighted by Gasteiger charge is -2.31. The molecule has 0 saturated heterocycles. The van der Waals surface area contributed by atoms with Gasteiger partial charge in [0.1, 0.15) is 11.7 Å². The van der Waals surface area contributed by atoms with Gasteiger partial charge in [-0.15, -0.1) is 0 Å². The van der Waals surface area contributed by atoms with Crippen LogP contribution < -0.4 is 16.4 Å². The van der Waals surface area contributed by atoms with E-state index in [4.69, 9.17) is 10.6 Å². The smallest absolute Gasteiger partial charge is 0.270 e. The third kappa shape index (κ3) is 8.75. The maximum absolute atomic E-state index is 14.1. The normalized spacial score (nSPS) is 15.5. The molecule has 6 rings (SSSR count). The minimum atomic E-state index is -4.32. The molecular weight excluding hydrogens is 675 g/mol. The van der Waals surface area contributed by atoms with Crippen LogP contribution in [-0.4, -0.2) is 81.7 Å². The van der Waals surface area contributed by atoms with E-state index in [1.807, 2.05) is 18.2 Å². The first-order chi connectivity index (χ1) is 24.6. The van der Waals surface area contributed by atoms with Gasteiger partial charge in [-0.25, -0.2) is 13.4 Å². The molecule has 1 aliphatic rings. The highest BCUT2D eigenvalue weighted by molar-refractivity contribution is 7.89. The number of aliphatic hydroxyl groups excluding tert-OH is 1. The maximum atomic E-state index is 14.1. The quantitative estimate of drug-likeness (QED) is 0.101. The Hall–Kier alpha value is -5.22.